The lowest BCUT2D eigenvalue weighted by atomic mass is 10.3. The minimum Gasteiger partial charge on any atom is -0.467 e. The van der Waals surface area contributed by atoms with E-state index in [2.05, 4.69) is 15.0 Å². The summed E-state index contributed by atoms with van der Waals surface area (Å²) in [4.78, 5) is 27.2. The van der Waals surface area contributed by atoms with Gasteiger partial charge in [-0.15, -0.1) is 11.3 Å². The lowest BCUT2D eigenvalue weighted by Crippen LogP contribution is -2.37. The molecule has 1 amide bonds. The van der Waals surface area contributed by atoms with Crippen molar-refractivity contribution in [3.8, 4) is 0 Å². The number of nitrogens with zero attached hydrogens (tertiary/aromatic N) is 1. The lowest BCUT2D eigenvalue weighted by molar-refractivity contribution is -0.149. The highest BCUT2D eigenvalue weighted by molar-refractivity contribution is 7.13. The fourth-order valence-electron chi connectivity index (χ4n) is 1.23. The van der Waals surface area contributed by atoms with Gasteiger partial charge in [-0.3, -0.25) is 4.79 Å². The number of rotatable bonds is 4. The number of hydrogen-bond acceptors (Lipinski definition) is 6. The molecule has 17 heavy (non-hydrogen) atoms. The summed E-state index contributed by atoms with van der Waals surface area (Å²) in [5, 5.41) is 12.5. The van der Waals surface area contributed by atoms with Gasteiger partial charge in [0, 0.05) is 0 Å². The Morgan fingerprint density at radius 3 is 2.65 bits per heavy atom. The number of nitrogens with one attached hydrogen (secondary N) is 1. The van der Waals surface area contributed by atoms with Gasteiger partial charge in [-0.1, -0.05) is 0 Å². The van der Waals surface area contributed by atoms with Crippen molar-refractivity contribution in [1.29, 1.82) is 0 Å². The number of aryl methyl sites for hydroxylation is 2. The molecule has 0 aliphatic carbocycles. The van der Waals surface area contributed by atoms with Gasteiger partial charge in [0.1, 0.15) is 4.88 Å². The first kappa shape index (κ1) is 13.6. The molecule has 1 heterocycles. The van der Waals surface area contributed by atoms with Gasteiger partial charge in [0.05, 0.1) is 24.4 Å². The summed E-state index contributed by atoms with van der Waals surface area (Å²) < 4.78 is 4.33. The highest BCUT2D eigenvalue weighted by atomic mass is 32.1. The number of aliphatic hydroxyl groups is 1. The van der Waals surface area contributed by atoms with Crippen molar-refractivity contribution in [1.82, 2.24) is 10.3 Å². The molecule has 0 bridgehead atoms. The summed E-state index contributed by atoms with van der Waals surface area (Å²) in [5.74, 6) is -1.13. The highest BCUT2D eigenvalue weighted by Gasteiger charge is 2.18. The number of ether oxygens (including phenoxy) is 1. The maximum atomic E-state index is 11.7. The maximum Gasteiger partial charge on any atom is 0.336 e. The van der Waals surface area contributed by atoms with Crippen LogP contribution in [-0.2, 0) is 9.53 Å². The molecule has 6 nitrogen and oxygen atoms in total. The van der Waals surface area contributed by atoms with Crippen LogP contribution in [0, 0.1) is 13.8 Å². The van der Waals surface area contributed by atoms with Gasteiger partial charge < -0.3 is 15.2 Å². The summed E-state index contributed by atoms with van der Waals surface area (Å²) in [6.45, 7) is 3.36. The van der Waals surface area contributed by atoms with Crippen molar-refractivity contribution in [3.05, 3.63) is 15.6 Å². The Kier molecular flexibility index (Phi) is 4.59. The molecule has 0 saturated carbocycles. The molecule has 94 valence electrons. The molecule has 7 heteroatoms. The van der Waals surface area contributed by atoms with E-state index in [1.54, 1.807) is 13.8 Å². The summed E-state index contributed by atoms with van der Waals surface area (Å²) in [6.07, 6.45) is -1.35. The smallest absolute Gasteiger partial charge is 0.336 e. The highest BCUT2D eigenvalue weighted by Crippen LogP contribution is 2.16. The summed E-state index contributed by atoms with van der Waals surface area (Å²) in [6, 6.07) is 0. The van der Waals surface area contributed by atoms with Crippen molar-refractivity contribution in [2.24, 2.45) is 0 Å². The van der Waals surface area contributed by atoms with Crippen LogP contribution in [0.5, 0.6) is 0 Å². The third-order valence-electron chi connectivity index (χ3n) is 2.04. The average Bonchev–Trinajstić information content (AvgIpc) is 2.63. The second kappa shape index (κ2) is 5.74. The zero-order valence-electron chi connectivity index (χ0n) is 9.81. The molecule has 1 rings (SSSR count). The number of aromatic nitrogens is 1. The van der Waals surface area contributed by atoms with Crippen LogP contribution in [0.25, 0.3) is 0 Å². The van der Waals surface area contributed by atoms with Crippen LogP contribution in [0.2, 0.25) is 0 Å². The molecular formula is C10H14N2O4S. The van der Waals surface area contributed by atoms with Gasteiger partial charge in [0.15, 0.2) is 6.10 Å². The Hall–Kier alpha value is -1.47. The van der Waals surface area contributed by atoms with Crippen LogP contribution in [0.15, 0.2) is 0 Å². The number of amides is 1. The first-order valence-electron chi connectivity index (χ1n) is 4.93. The Labute approximate surface area is 103 Å². The standard InChI is InChI=1S/C10H14N2O4S/c1-5-8(17-6(2)12-5)9(14)11-4-7(13)10(15)16-3/h7,13H,4H2,1-3H3,(H,11,14). The Morgan fingerprint density at radius 1 is 1.53 bits per heavy atom. The second-order valence-corrected chi connectivity index (χ2v) is 4.60. The number of esters is 1. The van der Waals surface area contributed by atoms with Gasteiger partial charge >= 0.3 is 5.97 Å². The molecule has 0 aromatic carbocycles. The van der Waals surface area contributed by atoms with Gasteiger partial charge in [-0.05, 0) is 13.8 Å². The largest absolute Gasteiger partial charge is 0.467 e. The zero-order valence-corrected chi connectivity index (χ0v) is 10.6. The van der Waals surface area contributed by atoms with E-state index in [1.807, 2.05) is 0 Å². The van der Waals surface area contributed by atoms with Gasteiger partial charge in [0.2, 0.25) is 0 Å². The molecule has 0 fully saturated rings. The fourth-order valence-corrected chi connectivity index (χ4v) is 2.07. The van der Waals surface area contributed by atoms with E-state index in [9.17, 15) is 14.7 Å². The van der Waals surface area contributed by atoms with Gasteiger partial charge in [-0.2, -0.15) is 0 Å². The van der Waals surface area contributed by atoms with Crippen molar-refractivity contribution in [3.63, 3.8) is 0 Å². The molecule has 1 aromatic rings. The SMILES string of the molecule is COC(=O)C(O)CNC(=O)c1sc(C)nc1C. The number of aliphatic hydroxyl groups excluding tert-OH is 1. The number of hydrogen-bond donors (Lipinski definition) is 2. The molecule has 0 aliphatic heterocycles. The van der Waals surface area contributed by atoms with E-state index in [0.717, 1.165) is 5.01 Å². The summed E-state index contributed by atoms with van der Waals surface area (Å²) >= 11 is 1.27. The molecule has 0 spiro atoms. The normalized spacial score (nSPS) is 12.0. The van der Waals surface area contributed by atoms with Crippen LogP contribution in [0.3, 0.4) is 0 Å². The van der Waals surface area contributed by atoms with Gasteiger partial charge in [-0.25, -0.2) is 9.78 Å². The minimum atomic E-state index is -1.35. The molecule has 0 aliphatic rings. The lowest BCUT2D eigenvalue weighted by Gasteiger charge is -2.08. The summed E-state index contributed by atoms with van der Waals surface area (Å²) in [7, 11) is 1.17. The van der Waals surface area contributed by atoms with Crippen LogP contribution in [0.1, 0.15) is 20.4 Å². The van der Waals surface area contributed by atoms with Crippen LogP contribution in [-0.4, -0.2) is 41.7 Å². The number of methoxy groups -OCH3 is 1. The third kappa shape index (κ3) is 3.50. The first-order valence-corrected chi connectivity index (χ1v) is 5.75. The van der Waals surface area contributed by atoms with E-state index in [4.69, 9.17) is 0 Å². The molecular weight excluding hydrogens is 244 g/mol. The van der Waals surface area contributed by atoms with E-state index in [1.165, 1.54) is 18.4 Å². The molecule has 1 unspecified atom stereocenters. The number of carbonyl (C=O) groups is 2. The van der Waals surface area contributed by atoms with Crippen molar-refractivity contribution in [2.75, 3.05) is 13.7 Å². The van der Waals surface area contributed by atoms with E-state index < -0.39 is 12.1 Å². The van der Waals surface area contributed by atoms with Crippen LogP contribution < -0.4 is 5.32 Å². The molecule has 0 saturated heterocycles. The predicted octanol–water partition coefficient (Wildman–Crippen LogP) is 0.0236. The van der Waals surface area contributed by atoms with Crippen molar-refractivity contribution in [2.45, 2.75) is 20.0 Å². The minimum absolute atomic E-state index is 0.179. The Balaban J connectivity index is 2.56. The Morgan fingerprint density at radius 2 is 2.18 bits per heavy atom. The first-order chi connectivity index (χ1) is 7.95. The second-order valence-electron chi connectivity index (χ2n) is 3.40. The van der Waals surface area contributed by atoms with E-state index >= 15 is 0 Å². The monoisotopic (exact) mass is 258 g/mol. The molecule has 1 atom stereocenters. The predicted molar refractivity (Wildman–Crippen MR) is 61.9 cm³/mol. The zero-order chi connectivity index (χ0) is 13.0. The van der Waals surface area contributed by atoms with Crippen molar-refractivity contribution >= 4 is 23.2 Å². The van der Waals surface area contributed by atoms with Crippen LogP contribution in [0.4, 0.5) is 0 Å². The van der Waals surface area contributed by atoms with E-state index in [0.29, 0.717) is 10.6 Å². The number of thiazole rings is 1. The Bertz CT molecular complexity index is 430. The summed E-state index contributed by atoms with van der Waals surface area (Å²) in [5.41, 5.74) is 0.637. The van der Waals surface area contributed by atoms with Crippen molar-refractivity contribution < 1.29 is 19.4 Å². The topological polar surface area (TPSA) is 88.5 Å². The maximum absolute atomic E-state index is 11.7. The van der Waals surface area contributed by atoms with Crippen LogP contribution >= 0.6 is 11.3 Å². The molecule has 1 aromatic heterocycles. The fraction of sp³-hybridized carbons (Fsp3) is 0.500. The number of carbonyl (C=O) groups excluding carboxylic acids is 2. The average molecular weight is 258 g/mol. The molecule has 2 N–H and O–H groups in total. The quantitative estimate of drug-likeness (QED) is 0.743. The van der Waals surface area contributed by atoms with Gasteiger partial charge in [0.25, 0.3) is 5.91 Å². The van der Waals surface area contributed by atoms with E-state index in [-0.39, 0.29) is 12.5 Å². The molecule has 0 radical (unpaired) electrons. The third-order valence-corrected chi connectivity index (χ3v) is 3.11.